The van der Waals surface area contributed by atoms with E-state index in [9.17, 15) is 14.9 Å². The molecule has 17 heavy (non-hydrogen) atoms. The smallest absolute Gasteiger partial charge is 0.310 e. The van der Waals surface area contributed by atoms with Crippen LogP contribution in [-0.2, 0) is 4.79 Å². The molecule has 0 aromatic heterocycles. The van der Waals surface area contributed by atoms with Gasteiger partial charge in [0.05, 0.1) is 4.92 Å². The summed E-state index contributed by atoms with van der Waals surface area (Å²) in [6, 6.07) is 5.37. The highest BCUT2D eigenvalue weighted by atomic mass is 16.6. The van der Waals surface area contributed by atoms with Crippen molar-refractivity contribution >= 4 is 11.7 Å². The van der Waals surface area contributed by atoms with Crippen molar-refractivity contribution in [2.24, 2.45) is 0 Å². The summed E-state index contributed by atoms with van der Waals surface area (Å²) in [5.74, 6) is -0.0405. The van der Waals surface area contributed by atoms with E-state index in [0.29, 0.717) is 5.75 Å². The fourth-order valence-electron chi connectivity index (χ4n) is 0.840. The predicted molar refractivity (Wildman–Crippen MR) is 65.0 cm³/mol. The minimum absolute atomic E-state index is 0.0266. The number of hydrogen-bond acceptors (Lipinski definition) is 4. The lowest BCUT2D eigenvalue weighted by Crippen LogP contribution is -2.05. The third-order valence-corrected chi connectivity index (χ3v) is 1.57. The van der Waals surface area contributed by atoms with Gasteiger partial charge in [0.1, 0.15) is 5.75 Å². The van der Waals surface area contributed by atoms with Crippen molar-refractivity contribution in [3.8, 4) is 5.75 Å². The number of esters is 1. The number of nitro groups is 1. The van der Waals surface area contributed by atoms with Gasteiger partial charge in [-0.2, -0.15) is 0 Å². The lowest BCUT2D eigenvalue weighted by atomic mass is 10.3. The Morgan fingerprint density at radius 2 is 1.71 bits per heavy atom. The van der Waals surface area contributed by atoms with Crippen molar-refractivity contribution in [1.29, 1.82) is 0 Å². The summed E-state index contributed by atoms with van der Waals surface area (Å²) in [5.41, 5.74) is -0.0266. The molecule has 0 saturated heterocycles. The standard InChI is InChI=1S/C9H9NO4.C3H8/c1-2-9(11)14-8-5-3-7(4-6-8)10(12)13;1-3-2/h3-6H,2H2,1H3;3H2,1-2H3. The molecule has 0 aliphatic carbocycles. The molecule has 5 heteroatoms. The van der Waals surface area contributed by atoms with Crippen LogP contribution in [-0.4, -0.2) is 10.9 Å². The van der Waals surface area contributed by atoms with Crippen LogP contribution in [0.2, 0.25) is 0 Å². The van der Waals surface area contributed by atoms with Crippen molar-refractivity contribution < 1.29 is 14.5 Å². The number of benzene rings is 1. The Morgan fingerprint density at radius 3 is 2.06 bits per heavy atom. The van der Waals surface area contributed by atoms with E-state index in [1.807, 2.05) is 0 Å². The number of non-ortho nitro benzene ring substituents is 1. The molecule has 0 atom stereocenters. The Labute approximate surface area is 101 Å². The first-order chi connectivity index (χ1) is 8.04. The Bertz CT molecular complexity index is 359. The van der Waals surface area contributed by atoms with Crippen molar-refractivity contribution in [2.45, 2.75) is 33.6 Å². The molecule has 0 heterocycles. The lowest BCUT2D eigenvalue weighted by molar-refractivity contribution is -0.384. The van der Waals surface area contributed by atoms with Gasteiger partial charge in [0.15, 0.2) is 0 Å². The maximum atomic E-state index is 10.8. The molecule has 0 spiro atoms. The first-order valence-electron chi connectivity index (χ1n) is 5.50. The maximum absolute atomic E-state index is 10.8. The monoisotopic (exact) mass is 239 g/mol. The van der Waals surface area contributed by atoms with Gasteiger partial charge >= 0.3 is 5.97 Å². The molecule has 0 fully saturated rings. The summed E-state index contributed by atoms with van der Waals surface area (Å²) < 4.78 is 4.84. The molecule has 0 aliphatic heterocycles. The number of hydrogen-bond donors (Lipinski definition) is 0. The summed E-state index contributed by atoms with van der Waals surface area (Å²) in [7, 11) is 0. The van der Waals surface area contributed by atoms with Gasteiger partial charge in [0.25, 0.3) is 5.69 Å². The second-order valence-corrected chi connectivity index (χ2v) is 3.29. The summed E-state index contributed by atoms with van der Waals surface area (Å²) in [5, 5.41) is 10.3. The fourth-order valence-corrected chi connectivity index (χ4v) is 0.840. The summed E-state index contributed by atoms with van der Waals surface area (Å²) in [6.45, 7) is 5.92. The minimum Gasteiger partial charge on any atom is -0.427 e. The molecule has 0 radical (unpaired) electrons. The van der Waals surface area contributed by atoms with E-state index < -0.39 is 4.92 Å². The Hall–Kier alpha value is -1.91. The zero-order chi connectivity index (χ0) is 13.3. The summed E-state index contributed by atoms with van der Waals surface area (Å²) >= 11 is 0. The molecule has 5 nitrogen and oxygen atoms in total. The number of ether oxygens (including phenoxy) is 1. The van der Waals surface area contributed by atoms with Crippen LogP contribution in [0.25, 0.3) is 0 Å². The maximum Gasteiger partial charge on any atom is 0.310 e. The van der Waals surface area contributed by atoms with Crippen molar-refractivity contribution in [2.75, 3.05) is 0 Å². The first kappa shape index (κ1) is 15.1. The van der Waals surface area contributed by atoms with E-state index in [-0.39, 0.29) is 18.1 Å². The van der Waals surface area contributed by atoms with Crippen LogP contribution in [0.5, 0.6) is 5.75 Å². The zero-order valence-electron chi connectivity index (χ0n) is 10.3. The van der Waals surface area contributed by atoms with E-state index in [2.05, 4.69) is 13.8 Å². The molecule has 0 unspecified atom stereocenters. The first-order valence-corrected chi connectivity index (χ1v) is 5.50. The Morgan fingerprint density at radius 1 is 1.24 bits per heavy atom. The summed E-state index contributed by atoms with van der Waals surface area (Å²) in [6.07, 6.45) is 1.52. The highest BCUT2D eigenvalue weighted by molar-refractivity contribution is 5.71. The highest BCUT2D eigenvalue weighted by Gasteiger charge is 2.06. The molecule has 0 saturated carbocycles. The van der Waals surface area contributed by atoms with Crippen LogP contribution in [0.4, 0.5) is 5.69 Å². The SMILES string of the molecule is CCC.CCC(=O)Oc1ccc([N+](=O)[O-])cc1. The van der Waals surface area contributed by atoms with Gasteiger partial charge in [-0.05, 0) is 12.1 Å². The van der Waals surface area contributed by atoms with Crippen molar-refractivity contribution in [3.63, 3.8) is 0 Å². The zero-order valence-corrected chi connectivity index (χ0v) is 10.3. The van der Waals surface area contributed by atoms with Crippen LogP contribution in [0.3, 0.4) is 0 Å². The Balaban J connectivity index is 0.000000770. The molecule has 0 N–H and O–H groups in total. The number of nitro benzene ring substituents is 1. The molecule has 1 aromatic carbocycles. The van der Waals surface area contributed by atoms with Crippen molar-refractivity contribution in [3.05, 3.63) is 34.4 Å². The van der Waals surface area contributed by atoms with Gasteiger partial charge < -0.3 is 4.74 Å². The number of carbonyl (C=O) groups is 1. The number of rotatable bonds is 3. The molecule has 0 aliphatic rings. The van der Waals surface area contributed by atoms with E-state index >= 15 is 0 Å². The number of carbonyl (C=O) groups excluding carboxylic acids is 1. The molecule has 1 aromatic rings. The van der Waals surface area contributed by atoms with Crippen LogP contribution in [0, 0.1) is 10.1 Å². The molecular formula is C12H17NO4. The fraction of sp³-hybridized carbons (Fsp3) is 0.417. The number of nitrogens with zero attached hydrogens (tertiary/aromatic N) is 1. The lowest BCUT2D eigenvalue weighted by Gasteiger charge is -2.00. The van der Waals surface area contributed by atoms with E-state index in [0.717, 1.165) is 0 Å². The largest absolute Gasteiger partial charge is 0.427 e. The second kappa shape index (κ2) is 8.27. The molecule has 94 valence electrons. The van der Waals surface area contributed by atoms with Crippen LogP contribution in [0.1, 0.15) is 33.6 Å². The van der Waals surface area contributed by atoms with E-state index in [1.165, 1.54) is 30.7 Å². The molecule has 1 rings (SSSR count). The topological polar surface area (TPSA) is 69.4 Å². The van der Waals surface area contributed by atoms with Gasteiger partial charge in [0.2, 0.25) is 0 Å². The predicted octanol–water partition coefficient (Wildman–Crippen LogP) is 3.33. The van der Waals surface area contributed by atoms with Gasteiger partial charge in [-0.25, -0.2) is 0 Å². The minimum atomic E-state index is -0.509. The quantitative estimate of drug-likeness (QED) is 0.351. The average molecular weight is 239 g/mol. The average Bonchev–Trinajstić information content (AvgIpc) is 2.30. The van der Waals surface area contributed by atoms with Crippen LogP contribution in [0.15, 0.2) is 24.3 Å². The normalized spacial score (nSPS) is 8.88. The molecular weight excluding hydrogens is 222 g/mol. The van der Waals surface area contributed by atoms with Crippen molar-refractivity contribution in [1.82, 2.24) is 0 Å². The van der Waals surface area contributed by atoms with Crippen LogP contribution < -0.4 is 4.74 Å². The molecule has 0 amide bonds. The third kappa shape index (κ3) is 6.29. The van der Waals surface area contributed by atoms with Gasteiger partial charge in [0, 0.05) is 18.6 Å². The van der Waals surface area contributed by atoms with Gasteiger partial charge in [-0.1, -0.05) is 27.2 Å². The Kier molecular flexibility index (Phi) is 7.34. The van der Waals surface area contributed by atoms with Crippen LogP contribution >= 0.6 is 0 Å². The van der Waals surface area contributed by atoms with Gasteiger partial charge in [-0.3, -0.25) is 14.9 Å². The van der Waals surface area contributed by atoms with E-state index in [1.54, 1.807) is 6.92 Å². The second-order valence-electron chi connectivity index (χ2n) is 3.29. The molecule has 0 bridgehead atoms. The third-order valence-electron chi connectivity index (χ3n) is 1.57. The van der Waals surface area contributed by atoms with Gasteiger partial charge in [-0.15, -0.1) is 0 Å². The van der Waals surface area contributed by atoms with E-state index in [4.69, 9.17) is 4.74 Å². The summed E-state index contributed by atoms with van der Waals surface area (Å²) in [4.78, 5) is 20.6. The highest BCUT2D eigenvalue weighted by Crippen LogP contribution is 2.17.